The molecule has 2 nitrogen and oxygen atoms in total. The Hall–Kier alpha value is -0.830. The highest BCUT2D eigenvalue weighted by Crippen LogP contribution is 2.44. The SMILES string of the molecule is Cc1ccc(C(=O)C2CC3CCCC(C2)S3)cn1. The summed E-state index contributed by atoms with van der Waals surface area (Å²) in [6.07, 6.45) is 7.86. The largest absolute Gasteiger partial charge is 0.294 e. The molecule has 1 aromatic heterocycles. The lowest BCUT2D eigenvalue weighted by molar-refractivity contribution is 0.0896. The van der Waals surface area contributed by atoms with E-state index >= 15 is 0 Å². The molecule has 0 aliphatic carbocycles. The third-order valence-corrected chi connectivity index (χ3v) is 5.72. The smallest absolute Gasteiger partial charge is 0.167 e. The minimum Gasteiger partial charge on any atom is -0.294 e. The summed E-state index contributed by atoms with van der Waals surface area (Å²) in [7, 11) is 0. The second-order valence-electron chi connectivity index (χ2n) is 5.53. The molecule has 18 heavy (non-hydrogen) atoms. The molecule has 0 N–H and O–H groups in total. The summed E-state index contributed by atoms with van der Waals surface area (Å²) in [6.45, 7) is 1.95. The van der Waals surface area contributed by atoms with Gasteiger partial charge < -0.3 is 0 Å². The molecule has 2 aliphatic heterocycles. The fourth-order valence-corrected chi connectivity index (χ4v) is 4.96. The number of Topliss-reactive ketones (excluding diaryl/α,β-unsaturated/α-hetero) is 1. The molecule has 0 saturated carbocycles. The number of nitrogens with zero attached hydrogens (tertiary/aromatic N) is 1. The van der Waals surface area contributed by atoms with Crippen molar-refractivity contribution in [1.29, 1.82) is 0 Å². The number of fused-ring (bicyclic) bond motifs is 2. The van der Waals surface area contributed by atoms with Crippen LogP contribution in [0.2, 0.25) is 0 Å². The second kappa shape index (κ2) is 5.04. The Labute approximate surface area is 113 Å². The van der Waals surface area contributed by atoms with Gasteiger partial charge in [0.15, 0.2) is 5.78 Å². The monoisotopic (exact) mass is 261 g/mol. The van der Waals surface area contributed by atoms with Crippen molar-refractivity contribution in [3.63, 3.8) is 0 Å². The third kappa shape index (κ3) is 2.46. The van der Waals surface area contributed by atoms with Crippen LogP contribution in [0.5, 0.6) is 0 Å². The van der Waals surface area contributed by atoms with Crippen molar-refractivity contribution in [1.82, 2.24) is 4.98 Å². The van der Waals surface area contributed by atoms with Crippen LogP contribution in [0.25, 0.3) is 0 Å². The second-order valence-corrected chi connectivity index (χ2v) is 7.14. The summed E-state index contributed by atoms with van der Waals surface area (Å²) in [6, 6.07) is 3.87. The Kier molecular flexibility index (Phi) is 3.42. The zero-order valence-corrected chi connectivity index (χ0v) is 11.6. The van der Waals surface area contributed by atoms with Gasteiger partial charge >= 0.3 is 0 Å². The molecule has 2 fully saturated rings. The minimum absolute atomic E-state index is 0.242. The van der Waals surface area contributed by atoms with Crippen LogP contribution in [-0.2, 0) is 0 Å². The first-order valence-corrected chi connectivity index (χ1v) is 7.79. The molecular formula is C15H19NOS. The van der Waals surface area contributed by atoms with E-state index in [9.17, 15) is 4.79 Å². The van der Waals surface area contributed by atoms with Crippen LogP contribution in [0, 0.1) is 12.8 Å². The van der Waals surface area contributed by atoms with Gasteiger partial charge in [-0.15, -0.1) is 0 Å². The first-order chi connectivity index (χ1) is 8.72. The average molecular weight is 261 g/mol. The van der Waals surface area contributed by atoms with Crippen molar-refractivity contribution in [3.8, 4) is 0 Å². The van der Waals surface area contributed by atoms with Gasteiger partial charge in [-0.25, -0.2) is 0 Å². The molecule has 3 heterocycles. The lowest BCUT2D eigenvalue weighted by Gasteiger charge is -2.37. The molecule has 0 amide bonds. The maximum atomic E-state index is 12.5. The van der Waals surface area contributed by atoms with Gasteiger partial charge in [0.25, 0.3) is 0 Å². The molecule has 2 unspecified atom stereocenters. The zero-order valence-electron chi connectivity index (χ0n) is 10.8. The number of aromatic nitrogens is 1. The van der Waals surface area contributed by atoms with Crippen molar-refractivity contribution in [2.45, 2.75) is 49.5 Å². The number of hydrogen-bond acceptors (Lipinski definition) is 3. The van der Waals surface area contributed by atoms with Crippen LogP contribution in [0.3, 0.4) is 0 Å². The summed E-state index contributed by atoms with van der Waals surface area (Å²) in [5.41, 5.74) is 1.78. The van der Waals surface area contributed by atoms with Crippen LogP contribution < -0.4 is 0 Å². The molecule has 96 valence electrons. The molecule has 2 aliphatic rings. The average Bonchev–Trinajstić information content (AvgIpc) is 2.38. The van der Waals surface area contributed by atoms with E-state index in [0.717, 1.165) is 34.6 Å². The van der Waals surface area contributed by atoms with E-state index in [-0.39, 0.29) is 5.92 Å². The predicted molar refractivity (Wildman–Crippen MR) is 75.0 cm³/mol. The number of thioether (sulfide) groups is 1. The highest BCUT2D eigenvalue weighted by atomic mass is 32.2. The van der Waals surface area contributed by atoms with Crippen molar-refractivity contribution < 1.29 is 4.79 Å². The van der Waals surface area contributed by atoms with Crippen LogP contribution in [0.4, 0.5) is 0 Å². The Morgan fingerprint density at radius 3 is 2.61 bits per heavy atom. The van der Waals surface area contributed by atoms with Gasteiger partial charge in [0, 0.05) is 33.9 Å². The van der Waals surface area contributed by atoms with E-state index in [0.29, 0.717) is 5.78 Å². The number of ketones is 1. The molecule has 3 rings (SSSR count). The van der Waals surface area contributed by atoms with E-state index in [1.807, 2.05) is 19.1 Å². The maximum absolute atomic E-state index is 12.5. The number of carbonyl (C=O) groups is 1. The van der Waals surface area contributed by atoms with Crippen LogP contribution >= 0.6 is 11.8 Å². The van der Waals surface area contributed by atoms with Crippen LogP contribution in [0.1, 0.15) is 48.2 Å². The lowest BCUT2D eigenvalue weighted by atomic mass is 9.85. The number of aryl methyl sites for hydroxylation is 1. The Balaban J connectivity index is 1.74. The van der Waals surface area contributed by atoms with E-state index in [2.05, 4.69) is 16.7 Å². The molecule has 1 aromatic rings. The molecule has 0 aromatic carbocycles. The Morgan fingerprint density at radius 2 is 2.00 bits per heavy atom. The van der Waals surface area contributed by atoms with E-state index in [4.69, 9.17) is 0 Å². The zero-order chi connectivity index (χ0) is 12.5. The first kappa shape index (κ1) is 12.2. The molecule has 0 spiro atoms. The fourth-order valence-electron chi connectivity index (χ4n) is 3.12. The quantitative estimate of drug-likeness (QED) is 0.761. The topological polar surface area (TPSA) is 30.0 Å². The van der Waals surface area contributed by atoms with Crippen molar-refractivity contribution in [2.24, 2.45) is 5.92 Å². The summed E-state index contributed by atoms with van der Waals surface area (Å²) in [5, 5.41) is 1.45. The van der Waals surface area contributed by atoms with Crippen molar-refractivity contribution in [3.05, 3.63) is 29.6 Å². The van der Waals surface area contributed by atoms with E-state index in [1.54, 1.807) is 6.20 Å². The summed E-state index contributed by atoms with van der Waals surface area (Å²) < 4.78 is 0. The van der Waals surface area contributed by atoms with Gasteiger partial charge in [0.1, 0.15) is 0 Å². The lowest BCUT2D eigenvalue weighted by Crippen LogP contribution is -2.32. The number of hydrogen-bond donors (Lipinski definition) is 0. The van der Waals surface area contributed by atoms with E-state index in [1.165, 1.54) is 19.3 Å². The fraction of sp³-hybridized carbons (Fsp3) is 0.600. The normalized spacial score (nSPS) is 31.1. The first-order valence-electron chi connectivity index (χ1n) is 6.84. The van der Waals surface area contributed by atoms with Crippen molar-refractivity contribution in [2.75, 3.05) is 0 Å². The summed E-state index contributed by atoms with van der Waals surface area (Å²) in [5.74, 6) is 0.561. The maximum Gasteiger partial charge on any atom is 0.167 e. The van der Waals surface area contributed by atoms with Gasteiger partial charge in [-0.3, -0.25) is 9.78 Å². The summed E-state index contributed by atoms with van der Waals surface area (Å²) >= 11 is 2.12. The highest BCUT2D eigenvalue weighted by molar-refractivity contribution is 8.00. The van der Waals surface area contributed by atoms with Crippen LogP contribution in [-0.4, -0.2) is 21.3 Å². The van der Waals surface area contributed by atoms with E-state index < -0.39 is 0 Å². The minimum atomic E-state index is 0.242. The third-order valence-electron chi connectivity index (χ3n) is 4.10. The van der Waals surface area contributed by atoms with Gasteiger partial charge in [-0.2, -0.15) is 11.8 Å². The molecule has 0 radical (unpaired) electrons. The van der Waals surface area contributed by atoms with Gasteiger partial charge in [-0.05, 0) is 44.7 Å². The molecule has 3 heteroatoms. The standard InChI is InChI=1S/C15H19NOS/c1-10-5-6-11(9-16-10)15(17)12-7-13-3-2-4-14(8-12)18-13/h5-6,9,12-14H,2-4,7-8H2,1H3. The molecular weight excluding hydrogens is 242 g/mol. The molecule has 2 saturated heterocycles. The number of carbonyl (C=O) groups excluding carboxylic acids is 1. The number of pyridine rings is 1. The Morgan fingerprint density at radius 1 is 1.28 bits per heavy atom. The van der Waals surface area contributed by atoms with Gasteiger partial charge in [0.05, 0.1) is 0 Å². The summed E-state index contributed by atoms with van der Waals surface area (Å²) in [4.78, 5) is 16.7. The predicted octanol–water partition coefficient (Wildman–Crippen LogP) is 3.64. The number of rotatable bonds is 2. The molecule has 2 atom stereocenters. The van der Waals surface area contributed by atoms with Crippen molar-refractivity contribution >= 4 is 17.5 Å². The Bertz CT molecular complexity index is 430. The van der Waals surface area contributed by atoms with Gasteiger partial charge in [0.2, 0.25) is 0 Å². The highest BCUT2D eigenvalue weighted by Gasteiger charge is 2.35. The van der Waals surface area contributed by atoms with Crippen LogP contribution in [0.15, 0.2) is 18.3 Å². The molecule has 2 bridgehead atoms. The van der Waals surface area contributed by atoms with Gasteiger partial charge in [-0.1, -0.05) is 6.42 Å².